The van der Waals surface area contributed by atoms with Crippen molar-refractivity contribution < 1.29 is 4.74 Å². The molecule has 20 heavy (non-hydrogen) atoms. The Morgan fingerprint density at radius 2 is 1.85 bits per heavy atom. The van der Waals surface area contributed by atoms with Crippen molar-refractivity contribution in [1.29, 1.82) is 0 Å². The van der Waals surface area contributed by atoms with Gasteiger partial charge in [0, 0.05) is 12.0 Å². The lowest BCUT2D eigenvalue weighted by molar-refractivity contribution is -0.0776. The molecule has 2 atom stereocenters. The van der Waals surface area contributed by atoms with Crippen molar-refractivity contribution in [2.45, 2.75) is 51.4 Å². The predicted octanol–water partition coefficient (Wildman–Crippen LogP) is 4.85. The zero-order chi connectivity index (χ0) is 15.1. The van der Waals surface area contributed by atoms with E-state index in [1.165, 1.54) is 0 Å². The fourth-order valence-electron chi connectivity index (χ4n) is 3.43. The summed E-state index contributed by atoms with van der Waals surface area (Å²) in [6, 6.07) is 6.04. The van der Waals surface area contributed by atoms with Crippen molar-refractivity contribution >= 4 is 23.2 Å². The molecule has 2 rings (SSSR count). The topological polar surface area (TPSA) is 21.3 Å². The molecule has 2 nitrogen and oxygen atoms in total. The van der Waals surface area contributed by atoms with Crippen LogP contribution in [0.1, 0.15) is 45.7 Å². The van der Waals surface area contributed by atoms with Crippen LogP contribution in [0.2, 0.25) is 10.0 Å². The molecule has 1 aromatic rings. The van der Waals surface area contributed by atoms with Crippen LogP contribution in [0.25, 0.3) is 0 Å². The summed E-state index contributed by atoms with van der Waals surface area (Å²) < 4.78 is 6.21. The summed E-state index contributed by atoms with van der Waals surface area (Å²) in [5.74, 6) is 0.375. The average molecular weight is 316 g/mol. The second-order valence-corrected chi connectivity index (χ2v) is 7.53. The van der Waals surface area contributed by atoms with Crippen LogP contribution < -0.4 is 5.32 Å². The molecule has 0 aliphatic carbocycles. The minimum absolute atomic E-state index is 0.0977. The second-order valence-electron chi connectivity index (χ2n) is 6.72. The second kappa shape index (κ2) is 5.49. The SMILES string of the molecule is CNC(c1ccc(Cl)c(Cl)c1)C1CC(C)(C)OC1(C)C. The molecule has 0 radical (unpaired) electrons. The highest BCUT2D eigenvalue weighted by Crippen LogP contribution is 2.47. The van der Waals surface area contributed by atoms with Gasteiger partial charge in [-0.05, 0) is 58.9 Å². The van der Waals surface area contributed by atoms with Gasteiger partial charge in [0.05, 0.1) is 21.2 Å². The molecule has 112 valence electrons. The minimum atomic E-state index is -0.177. The largest absolute Gasteiger partial charge is 0.369 e. The number of hydrogen-bond donors (Lipinski definition) is 1. The molecule has 1 N–H and O–H groups in total. The van der Waals surface area contributed by atoms with Crippen molar-refractivity contribution in [3.05, 3.63) is 33.8 Å². The van der Waals surface area contributed by atoms with Gasteiger partial charge in [0.1, 0.15) is 0 Å². The maximum atomic E-state index is 6.21. The van der Waals surface area contributed by atoms with E-state index < -0.39 is 0 Å². The van der Waals surface area contributed by atoms with E-state index in [0.29, 0.717) is 16.0 Å². The summed E-state index contributed by atoms with van der Waals surface area (Å²) in [6.45, 7) is 8.62. The number of nitrogens with one attached hydrogen (secondary N) is 1. The Hall–Kier alpha value is -0.280. The van der Waals surface area contributed by atoms with Crippen molar-refractivity contribution in [3.63, 3.8) is 0 Å². The maximum absolute atomic E-state index is 6.21. The molecular formula is C16H23Cl2NO. The molecule has 4 heteroatoms. The molecule has 1 fully saturated rings. The summed E-state index contributed by atoms with van der Waals surface area (Å²) in [6.07, 6.45) is 1.01. The van der Waals surface area contributed by atoms with Gasteiger partial charge < -0.3 is 10.1 Å². The third kappa shape index (κ3) is 3.14. The van der Waals surface area contributed by atoms with E-state index in [-0.39, 0.29) is 17.2 Å². The van der Waals surface area contributed by atoms with Gasteiger partial charge in [-0.25, -0.2) is 0 Å². The van der Waals surface area contributed by atoms with Gasteiger partial charge in [-0.1, -0.05) is 29.3 Å². The molecule has 0 spiro atoms. The van der Waals surface area contributed by atoms with Crippen molar-refractivity contribution in [1.82, 2.24) is 5.32 Å². The average Bonchev–Trinajstić information content (AvgIpc) is 2.53. The zero-order valence-electron chi connectivity index (χ0n) is 12.8. The molecular weight excluding hydrogens is 293 g/mol. The van der Waals surface area contributed by atoms with E-state index in [1.54, 1.807) is 0 Å². The summed E-state index contributed by atoms with van der Waals surface area (Å²) in [4.78, 5) is 0. The first-order valence-corrected chi connectivity index (χ1v) is 7.74. The number of rotatable bonds is 3. The molecule has 0 saturated carbocycles. The Morgan fingerprint density at radius 1 is 1.20 bits per heavy atom. The van der Waals surface area contributed by atoms with Gasteiger partial charge in [0.25, 0.3) is 0 Å². The lowest BCUT2D eigenvalue weighted by atomic mass is 9.79. The third-order valence-corrected chi connectivity index (χ3v) is 4.90. The number of halogens is 2. The fourth-order valence-corrected chi connectivity index (χ4v) is 3.74. The van der Waals surface area contributed by atoms with Gasteiger partial charge in [-0.2, -0.15) is 0 Å². The molecule has 1 aliphatic heterocycles. The van der Waals surface area contributed by atoms with Crippen LogP contribution in [0.3, 0.4) is 0 Å². The Balaban J connectivity index is 2.35. The van der Waals surface area contributed by atoms with Crippen molar-refractivity contribution in [2.75, 3.05) is 7.05 Å². The molecule has 1 heterocycles. The molecule has 1 aromatic carbocycles. The van der Waals surface area contributed by atoms with Crippen molar-refractivity contribution in [2.24, 2.45) is 5.92 Å². The predicted molar refractivity (Wildman–Crippen MR) is 85.6 cm³/mol. The number of ether oxygens (including phenoxy) is 1. The summed E-state index contributed by atoms with van der Waals surface area (Å²) in [5, 5.41) is 4.61. The molecule has 0 bridgehead atoms. The maximum Gasteiger partial charge on any atom is 0.0681 e. The van der Waals surface area contributed by atoms with E-state index in [0.717, 1.165) is 12.0 Å². The first-order valence-electron chi connectivity index (χ1n) is 6.99. The van der Waals surface area contributed by atoms with Crippen LogP contribution in [0, 0.1) is 5.92 Å². The summed E-state index contributed by atoms with van der Waals surface area (Å²) >= 11 is 12.2. The zero-order valence-corrected chi connectivity index (χ0v) is 14.3. The third-order valence-electron chi connectivity index (χ3n) is 4.16. The van der Waals surface area contributed by atoms with Crippen molar-refractivity contribution in [3.8, 4) is 0 Å². The molecule has 1 saturated heterocycles. The molecule has 0 aromatic heterocycles. The lowest BCUT2D eigenvalue weighted by Crippen LogP contribution is -2.37. The Kier molecular flexibility index (Phi) is 4.42. The Bertz CT molecular complexity index is 499. The van der Waals surface area contributed by atoms with Crippen LogP contribution >= 0.6 is 23.2 Å². The first-order chi connectivity index (χ1) is 9.16. The number of benzene rings is 1. The normalized spacial score (nSPS) is 25.6. The van der Waals surface area contributed by atoms with E-state index in [1.807, 2.05) is 25.2 Å². The van der Waals surface area contributed by atoms with E-state index in [4.69, 9.17) is 27.9 Å². The summed E-state index contributed by atoms with van der Waals surface area (Å²) in [5.41, 5.74) is 0.879. The van der Waals surface area contributed by atoms with Crippen LogP contribution in [0.15, 0.2) is 18.2 Å². The highest BCUT2D eigenvalue weighted by Gasteiger charge is 2.49. The smallest absolute Gasteiger partial charge is 0.0681 e. The Labute approximate surface area is 131 Å². The van der Waals surface area contributed by atoms with Gasteiger partial charge in [0.2, 0.25) is 0 Å². The molecule has 2 unspecified atom stereocenters. The first kappa shape index (κ1) is 16.1. The van der Waals surface area contributed by atoms with Crippen LogP contribution in [0.4, 0.5) is 0 Å². The van der Waals surface area contributed by atoms with E-state index >= 15 is 0 Å². The Morgan fingerprint density at radius 3 is 2.30 bits per heavy atom. The van der Waals surface area contributed by atoms with Gasteiger partial charge in [-0.3, -0.25) is 0 Å². The number of hydrogen-bond acceptors (Lipinski definition) is 2. The fraction of sp³-hybridized carbons (Fsp3) is 0.625. The van der Waals surface area contributed by atoms with Crippen LogP contribution in [0.5, 0.6) is 0 Å². The van der Waals surface area contributed by atoms with Gasteiger partial charge >= 0.3 is 0 Å². The molecule has 0 amide bonds. The van der Waals surface area contributed by atoms with Crippen LogP contribution in [-0.2, 0) is 4.74 Å². The molecule has 1 aliphatic rings. The van der Waals surface area contributed by atoms with E-state index in [9.17, 15) is 0 Å². The lowest BCUT2D eigenvalue weighted by Gasteiger charge is -2.33. The van der Waals surface area contributed by atoms with Gasteiger partial charge in [-0.15, -0.1) is 0 Å². The highest BCUT2D eigenvalue weighted by molar-refractivity contribution is 6.42. The van der Waals surface area contributed by atoms with E-state index in [2.05, 4.69) is 33.0 Å². The highest BCUT2D eigenvalue weighted by atomic mass is 35.5. The standard InChI is InChI=1S/C16H23Cl2NO/c1-15(2)9-11(16(3,4)20-15)14(19-5)10-6-7-12(17)13(18)8-10/h6-8,11,14,19H,9H2,1-5H3. The summed E-state index contributed by atoms with van der Waals surface area (Å²) in [7, 11) is 1.98. The monoisotopic (exact) mass is 315 g/mol. The van der Waals surface area contributed by atoms with Gasteiger partial charge in [0.15, 0.2) is 0 Å². The minimum Gasteiger partial charge on any atom is -0.369 e. The van der Waals surface area contributed by atoms with Crippen LogP contribution in [-0.4, -0.2) is 18.2 Å². The quantitative estimate of drug-likeness (QED) is 0.861.